The Balaban J connectivity index is 4.09. The lowest BCUT2D eigenvalue weighted by atomic mass is 9.92. The average Bonchev–Trinajstić information content (AvgIpc) is 2.36. The van der Waals surface area contributed by atoms with E-state index in [0.29, 0.717) is 0 Å². The van der Waals surface area contributed by atoms with E-state index in [1.54, 1.807) is 0 Å². The standard InChI is InChI=1S/C14H29N3/c1-5-11-17(8-4)12-9-10-14(6-2,13-15)16-7-3/h16H,5-12H2,1-4H3. The summed E-state index contributed by atoms with van der Waals surface area (Å²) < 4.78 is 0. The lowest BCUT2D eigenvalue weighted by Gasteiger charge is -2.27. The van der Waals surface area contributed by atoms with Crippen molar-refractivity contribution < 1.29 is 0 Å². The van der Waals surface area contributed by atoms with E-state index in [4.69, 9.17) is 0 Å². The molecule has 0 aromatic carbocycles. The van der Waals surface area contributed by atoms with Gasteiger partial charge in [0.25, 0.3) is 0 Å². The summed E-state index contributed by atoms with van der Waals surface area (Å²) in [5.74, 6) is 0. The van der Waals surface area contributed by atoms with Crippen LogP contribution in [0.5, 0.6) is 0 Å². The van der Waals surface area contributed by atoms with Crippen molar-refractivity contribution in [3.63, 3.8) is 0 Å². The lowest BCUT2D eigenvalue weighted by Crippen LogP contribution is -2.43. The molecule has 100 valence electrons. The molecule has 0 amide bonds. The Kier molecular flexibility index (Phi) is 9.11. The van der Waals surface area contributed by atoms with Crippen molar-refractivity contribution >= 4 is 0 Å². The third kappa shape index (κ3) is 6.05. The number of hydrogen-bond acceptors (Lipinski definition) is 3. The third-order valence-corrected chi connectivity index (χ3v) is 3.40. The van der Waals surface area contributed by atoms with E-state index in [1.165, 1.54) is 13.0 Å². The molecule has 0 spiro atoms. The van der Waals surface area contributed by atoms with Gasteiger partial charge in [-0.1, -0.05) is 27.7 Å². The molecule has 3 nitrogen and oxygen atoms in total. The van der Waals surface area contributed by atoms with Crippen LogP contribution in [-0.4, -0.2) is 36.6 Å². The summed E-state index contributed by atoms with van der Waals surface area (Å²) in [4.78, 5) is 2.46. The Hall–Kier alpha value is -0.590. The van der Waals surface area contributed by atoms with Gasteiger partial charge in [-0.05, 0) is 51.9 Å². The normalized spacial score (nSPS) is 14.6. The monoisotopic (exact) mass is 239 g/mol. The van der Waals surface area contributed by atoms with Crippen LogP contribution in [0.3, 0.4) is 0 Å². The molecular weight excluding hydrogens is 210 g/mol. The molecule has 0 aliphatic carbocycles. The van der Waals surface area contributed by atoms with Gasteiger partial charge in [-0.25, -0.2) is 0 Å². The predicted molar refractivity (Wildman–Crippen MR) is 74.0 cm³/mol. The number of nitrogens with zero attached hydrogens (tertiary/aromatic N) is 2. The van der Waals surface area contributed by atoms with E-state index in [9.17, 15) is 5.26 Å². The smallest absolute Gasteiger partial charge is 0.106 e. The molecule has 1 atom stereocenters. The van der Waals surface area contributed by atoms with Crippen molar-refractivity contribution in [2.45, 2.75) is 58.9 Å². The third-order valence-electron chi connectivity index (χ3n) is 3.40. The van der Waals surface area contributed by atoms with Crippen LogP contribution in [0, 0.1) is 11.3 Å². The minimum atomic E-state index is -0.305. The Morgan fingerprint density at radius 3 is 2.29 bits per heavy atom. The van der Waals surface area contributed by atoms with Crippen LogP contribution in [0.1, 0.15) is 53.4 Å². The Labute approximate surface area is 107 Å². The van der Waals surface area contributed by atoms with Gasteiger partial charge in [-0.15, -0.1) is 0 Å². The van der Waals surface area contributed by atoms with Crippen LogP contribution in [0.4, 0.5) is 0 Å². The van der Waals surface area contributed by atoms with E-state index in [-0.39, 0.29) is 5.54 Å². The first-order valence-electron chi connectivity index (χ1n) is 7.06. The fraction of sp³-hybridized carbons (Fsp3) is 0.929. The minimum absolute atomic E-state index is 0.305. The molecular formula is C14H29N3. The number of hydrogen-bond donors (Lipinski definition) is 1. The first-order chi connectivity index (χ1) is 8.17. The van der Waals surface area contributed by atoms with Crippen molar-refractivity contribution in [3.05, 3.63) is 0 Å². The largest absolute Gasteiger partial charge is 0.304 e. The summed E-state index contributed by atoms with van der Waals surface area (Å²) in [5, 5.41) is 12.6. The molecule has 1 N–H and O–H groups in total. The van der Waals surface area contributed by atoms with Gasteiger partial charge in [0.1, 0.15) is 5.54 Å². The lowest BCUT2D eigenvalue weighted by molar-refractivity contribution is 0.264. The van der Waals surface area contributed by atoms with Crippen molar-refractivity contribution in [1.82, 2.24) is 10.2 Å². The van der Waals surface area contributed by atoms with Crippen LogP contribution >= 0.6 is 0 Å². The van der Waals surface area contributed by atoms with Crippen LogP contribution in [0.2, 0.25) is 0 Å². The van der Waals surface area contributed by atoms with Gasteiger partial charge in [0.05, 0.1) is 6.07 Å². The molecule has 0 saturated carbocycles. The highest BCUT2D eigenvalue weighted by Crippen LogP contribution is 2.16. The summed E-state index contributed by atoms with van der Waals surface area (Å²) in [6.07, 6.45) is 4.14. The fourth-order valence-electron chi connectivity index (χ4n) is 2.25. The zero-order valence-corrected chi connectivity index (χ0v) is 12.1. The minimum Gasteiger partial charge on any atom is -0.304 e. The second-order valence-electron chi connectivity index (χ2n) is 4.62. The van der Waals surface area contributed by atoms with Crippen LogP contribution in [0.15, 0.2) is 0 Å². The van der Waals surface area contributed by atoms with E-state index in [2.05, 4.69) is 44.0 Å². The van der Waals surface area contributed by atoms with Crippen LogP contribution in [-0.2, 0) is 0 Å². The first-order valence-corrected chi connectivity index (χ1v) is 7.06. The van der Waals surface area contributed by atoms with Gasteiger partial charge in [-0.3, -0.25) is 5.32 Å². The Morgan fingerprint density at radius 2 is 1.88 bits per heavy atom. The summed E-state index contributed by atoms with van der Waals surface area (Å²) >= 11 is 0. The molecule has 0 saturated heterocycles. The van der Waals surface area contributed by atoms with Crippen LogP contribution < -0.4 is 5.32 Å². The van der Waals surface area contributed by atoms with Gasteiger partial charge < -0.3 is 4.90 Å². The number of rotatable bonds is 10. The van der Waals surface area contributed by atoms with Crippen molar-refractivity contribution in [2.24, 2.45) is 0 Å². The van der Waals surface area contributed by atoms with Crippen LogP contribution in [0.25, 0.3) is 0 Å². The van der Waals surface area contributed by atoms with Crippen molar-refractivity contribution in [3.8, 4) is 6.07 Å². The highest BCUT2D eigenvalue weighted by molar-refractivity contribution is 5.05. The van der Waals surface area contributed by atoms with Gasteiger partial charge in [-0.2, -0.15) is 5.26 Å². The molecule has 0 rings (SSSR count). The quantitative estimate of drug-likeness (QED) is 0.637. The van der Waals surface area contributed by atoms with E-state index in [1.807, 2.05) is 0 Å². The SMILES string of the molecule is CCCN(CC)CCCC(C#N)(CC)NCC. The van der Waals surface area contributed by atoms with E-state index < -0.39 is 0 Å². The number of nitriles is 1. The maximum absolute atomic E-state index is 9.31. The first kappa shape index (κ1) is 16.4. The van der Waals surface area contributed by atoms with Gasteiger partial charge in [0.2, 0.25) is 0 Å². The second-order valence-corrected chi connectivity index (χ2v) is 4.62. The molecule has 0 aliphatic heterocycles. The van der Waals surface area contributed by atoms with E-state index >= 15 is 0 Å². The molecule has 0 aromatic rings. The summed E-state index contributed by atoms with van der Waals surface area (Å²) in [6, 6.07) is 2.46. The molecule has 17 heavy (non-hydrogen) atoms. The molecule has 0 bridgehead atoms. The molecule has 0 heterocycles. The molecule has 3 heteroatoms. The Bertz CT molecular complexity index is 222. The van der Waals surface area contributed by atoms with Crippen molar-refractivity contribution in [2.75, 3.05) is 26.2 Å². The Morgan fingerprint density at radius 1 is 1.18 bits per heavy atom. The maximum atomic E-state index is 9.31. The zero-order valence-electron chi connectivity index (χ0n) is 12.1. The number of nitrogens with one attached hydrogen (secondary N) is 1. The van der Waals surface area contributed by atoms with Gasteiger partial charge >= 0.3 is 0 Å². The predicted octanol–water partition coefficient (Wildman–Crippen LogP) is 2.78. The average molecular weight is 239 g/mol. The maximum Gasteiger partial charge on any atom is 0.106 e. The molecule has 1 unspecified atom stereocenters. The fourth-order valence-corrected chi connectivity index (χ4v) is 2.25. The molecule has 0 aliphatic rings. The zero-order chi connectivity index (χ0) is 13.1. The summed E-state index contributed by atoms with van der Waals surface area (Å²) in [5.41, 5.74) is -0.305. The topological polar surface area (TPSA) is 39.1 Å². The molecule has 0 radical (unpaired) electrons. The molecule has 0 fully saturated rings. The van der Waals surface area contributed by atoms with Crippen molar-refractivity contribution in [1.29, 1.82) is 5.26 Å². The van der Waals surface area contributed by atoms with Gasteiger partial charge in [0, 0.05) is 0 Å². The summed E-state index contributed by atoms with van der Waals surface area (Å²) in [6.45, 7) is 12.8. The molecule has 0 aromatic heterocycles. The second kappa shape index (κ2) is 9.44. The van der Waals surface area contributed by atoms with Gasteiger partial charge in [0.15, 0.2) is 0 Å². The highest BCUT2D eigenvalue weighted by Gasteiger charge is 2.25. The van der Waals surface area contributed by atoms with E-state index in [0.717, 1.165) is 38.9 Å². The summed E-state index contributed by atoms with van der Waals surface area (Å²) in [7, 11) is 0. The highest BCUT2D eigenvalue weighted by atomic mass is 15.1.